The van der Waals surface area contributed by atoms with Crippen LogP contribution in [-0.4, -0.2) is 21.4 Å². The normalized spacial score (nSPS) is 14.5. The highest BCUT2D eigenvalue weighted by molar-refractivity contribution is 6.28. The van der Waals surface area contributed by atoms with Gasteiger partial charge in [-0.25, -0.2) is 4.68 Å². The summed E-state index contributed by atoms with van der Waals surface area (Å²) in [6.07, 6.45) is 3.83. The van der Waals surface area contributed by atoms with Crippen LogP contribution in [0.3, 0.4) is 0 Å². The van der Waals surface area contributed by atoms with Crippen molar-refractivity contribution >= 4 is 17.7 Å². The number of aromatic nitrogens is 3. The summed E-state index contributed by atoms with van der Waals surface area (Å²) in [5.74, 6) is 0.747. The van der Waals surface area contributed by atoms with Crippen molar-refractivity contribution in [2.75, 3.05) is 12.0 Å². The van der Waals surface area contributed by atoms with Gasteiger partial charge in [0, 0.05) is 0 Å². The minimum absolute atomic E-state index is 0.374. The number of hydrogen-bond donors (Lipinski definition) is 1. The molecular formula is C5H5ClN4. The van der Waals surface area contributed by atoms with Gasteiger partial charge in [-0.3, -0.25) is 0 Å². The molecule has 0 radical (unpaired) electrons. The fraction of sp³-hybridized carbons (Fsp3) is 0.200. The predicted octanol–water partition coefficient (Wildman–Crippen LogP) is 0.502. The maximum atomic E-state index is 5.65. The molecule has 0 atom stereocenters. The first kappa shape index (κ1) is 5.73. The van der Waals surface area contributed by atoms with E-state index < -0.39 is 0 Å². The zero-order valence-corrected chi connectivity index (χ0v) is 5.84. The molecule has 5 heteroatoms. The average Bonchev–Trinajstić information content (AvgIpc) is 2.34. The lowest BCUT2D eigenvalue weighted by molar-refractivity contribution is 0.859. The first-order valence-electron chi connectivity index (χ1n) is 2.89. The van der Waals surface area contributed by atoms with E-state index in [-0.39, 0.29) is 0 Å². The molecule has 0 fully saturated rings. The number of halogens is 1. The lowest BCUT2D eigenvalue weighted by Gasteiger charge is -2.09. The lowest BCUT2D eigenvalue weighted by atomic mass is 10.4. The summed E-state index contributed by atoms with van der Waals surface area (Å²) >= 11 is 5.65. The van der Waals surface area contributed by atoms with Crippen LogP contribution >= 0.6 is 11.6 Å². The van der Waals surface area contributed by atoms with E-state index in [9.17, 15) is 0 Å². The Morgan fingerprint density at radius 2 is 2.50 bits per heavy atom. The van der Waals surface area contributed by atoms with Gasteiger partial charge >= 0.3 is 0 Å². The summed E-state index contributed by atoms with van der Waals surface area (Å²) in [6, 6.07) is 0. The molecule has 4 nitrogen and oxygen atoms in total. The Balaban J connectivity index is 2.57. The van der Waals surface area contributed by atoms with Crippen molar-refractivity contribution in [3.63, 3.8) is 0 Å². The molecular weight excluding hydrogens is 152 g/mol. The molecule has 1 aromatic rings. The Morgan fingerprint density at radius 1 is 1.60 bits per heavy atom. The first-order chi connectivity index (χ1) is 4.88. The quantitative estimate of drug-likeness (QED) is 0.595. The van der Waals surface area contributed by atoms with Gasteiger partial charge in [0.2, 0.25) is 5.28 Å². The van der Waals surface area contributed by atoms with Gasteiger partial charge in [0.25, 0.3) is 0 Å². The fourth-order valence-corrected chi connectivity index (χ4v) is 1.02. The Kier molecular flexibility index (Phi) is 1.14. The van der Waals surface area contributed by atoms with Crippen LogP contribution in [0.2, 0.25) is 5.28 Å². The second kappa shape index (κ2) is 1.98. The molecule has 0 aromatic carbocycles. The summed E-state index contributed by atoms with van der Waals surface area (Å²) in [5.41, 5.74) is 2.98. The zero-order valence-electron chi connectivity index (χ0n) is 5.08. The average molecular weight is 157 g/mol. The number of fused-ring (bicyclic) bond motifs is 1. The summed E-state index contributed by atoms with van der Waals surface area (Å²) in [5, 5.41) is 7.83. The number of hydrogen-bond acceptors (Lipinski definition) is 3. The molecule has 0 saturated carbocycles. The minimum Gasteiger partial charge on any atom is -0.318 e. The molecule has 52 valence electrons. The molecule has 0 amide bonds. The molecule has 0 spiro atoms. The number of rotatable bonds is 0. The van der Waals surface area contributed by atoms with Crippen molar-refractivity contribution < 1.29 is 0 Å². The van der Waals surface area contributed by atoms with Gasteiger partial charge in [-0.15, -0.1) is 10.2 Å². The molecule has 1 N–H and O–H groups in total. The largest absolute Gasteiger partial charge is 0.318 e. The fourth-order valence-electron chi connectivity index (χ4n) is 0.839. The third-order valence-electron chi connectivity index (χ3n) is 1.28. The van der Waals surface area contributed by atoms with Crippen LogP contribution in [0.4, 0.5) is 0 Å². The van der Waals surface area contributed by atoms with Gasteiger partial charge in [0.15, 0.2) is 5.82 Å². The van der Waals surface area contributed by atoms with Gasteiger partial charge in [-0.05, 0) is 17.7 Å². The third-order valence-corrected chi connectivity index (χ3v) is 1.53. The molecule has 2 heterocycles. The van der Waals surface area contributed by atoms with E-state index in [1.165, 1.54) is 0 Å². The highest BCUT2D eigenvalue weighted by atomic mass is 35.5. The van der Waals surface area contributed by atoms with Crippen LogP contribution in [-0.2, 0) is 0 Å². The Hall–Kier alpha value is -1.03. The minimum atomic E-state index is 0.374. The summed E-state index contributed by atoms with van der Waals surface area (Å²) < 4.78 is 1.64. The third kappa shape index (κ3) is 0.690. The number of nitrogens with one attached hydrogen (secondary N) is 1. The molecule has 0 bridgehead atoms. The van der Waals surface area contributed by atoms with Crippen molar-refractivity contribution in [2.24, 2.45) is 0 Å². The summed E-state index contributed by atoms with van der Waals surface area (Å²) in [4.78, 5) is 0. The highest BCUT2D eigenvalue weighted by Gasteiger charge is 2.08. The summed E-state index contributed by atoms with van der Waals surface area (Å²) in [6.45, 7) is 0.769. The smallest absolute Gasteiger partial charge is 0.244 e. The van der Waals surface area contributed by atoms with E-state index in [2.05, 4.69) is 15.6 Å². The number of nitrogens with zero attached hydrogens (tertiary/aromatic N) is 3. The molecule has 1 aliphatic rings. The van der Waals surface area contributed by atoms with Crippen LogP contribution in [0.15, 0.2) is 6.08 Å². The van der Waals surface area contributed by atoms with Gasteiger partial charge in [0.1, 0.15) is 0 Å². The molecule has 2 rings (SSSR count). The molecule has 0 unspecified atom stereocenters. The molecule has 0 saturated heterocycles. The molecule has 10 heavy (non-hydrogen) atoms. The Labute approximate surface area is 62.5 Å². The molecule has 1 aliphatic heterocycles. The monoisotopic (exact) mass is 156 g/mol. The van der Waals surface area contributed by atoms with Crippen LogP contribution < -0.4 is 5.43 Å². The van der Waals surface area contributed by atoms with Crippen LogP contribution in [0.1, 0.15) is 5.82 Å². The van der Waals surface area contributed by atoms with Crippen molar-refractivity contribution in [3.05, 3.63) is 17.2 Å². The standard InChI is InChI=1S/C5H5ClN4/c6-5-9-8-4-2-1-3-7-10(4)5/h1-2,7H,3H2. The van der Waals surface area contributed by atoms with E-state index in [4.69, 9.17) is 11.6 Å². The maximum absolute atomic E-state index is 5.65. The predicted molar refractivity (Wildman–Crippen MR) is 38.3 cm³/mol. The Morgan fingerprint density at radius 3 is 3.30 bits per heavy atom. The van der Waals surface area contributed by atoms with Crippen LogP contribution in [0.25, 0.3) is 6.08 Å². The first-order valence-corrected chi connectivity index (χ1v) is 3.27. The van der Waals surface area contributed by atoms with Crippen molar-refractivity contribution in [1.29, 1.82) is 0 Å². The van der Waals surface area contributed by atoms with Gasteiger partial charge in [-0.2, -0.15) is 0 Å². The summed E-state index contributed by atoms with van der Waals surface area (Å²) in [7, 11) is 0. The van der Waals surface area contributed by atoms with Crippen LogP contribution in [0, 0.1) is 0 Å². The van der Waals surface area contributed by atoms with Crippen molar-refractivity contribution in [3.8, 4) is 0 Å². The zero-order chi connectivity index (χ0) is 6.97. The van der Waals surface area contributed by atoms with E-state index in [1.54, 1.807) is 4.68 Å². The van der Waals surface area contributed by atoms with Gasteiger partial charge in [-0.1, -0.05) is 6.08 Å². The van der Waals surface area contributed by atoms with Crippen molar-refractivity contribution in [1.82, 2.24) is 14.9 Å². The van der Waals surface area contributed by atoms with E-state index >= 15 is 0 Å². The van der Waals surface area contributed by atoms with E-state index in [0.29, 0.717) is 5.28 Å². The maximum Gasteiger partial charge on any atom is 0.244 e. The molecule has 1 aromatic heterocycles. The lowest BCUT2D eigenvalue weighted by Crippen LogP contribution is -2.19. The second-order valence-electron chi connectivity index (χ2n) is 1.93. The highest BCUT2D eigenvalue weighted by Crippen LogP contribution is 2.08. The Bertz CT molecular complexity index is 277. The topological polar surface area (TPSA) is 42.7 Å². The van der Waals surface area contributed by atoms with E-state index in [1.807, 2.05) is 12.2 Å². The SMILES string of the molecule is Clc1nnc2n1NCC=C2. The van der Waals surface area contributed by atoms with Crippen molar-refractivity contribution in [2.45, 2.75) is 0 Å². The van der Waals surface area contributed by atoms with Crippen LogP contribution in [0.5, 0.6) is 0 Å². The van der Waals surface area contributed by atoms with E-state index in [0.717, 1.165) is 12.4 Å². The van der Waals surface area contributed by atoms with Gasteiger partial charge in [0.05, 0.1) is 6.54 Å². The molecule has 0 aliphatic carbocycles. The van der Waals surface area contributed by atoms with Gasteiger partial charge < -0.3 is 5.43 Å². The second-order valence-corrected chi connectivity index (χ2v) is 2.27.